The summed E-state index contributed by atoms with van der Waals surface area (Å²) in [6, 6.07) is 8.72. The average Bonchev–Trinajstić information content (AvgIpc) is 2.53. The average molecular weight is 354 g/mol. The van der Waals surface area contributed by atoms with Crippen molar-refractivity contribution in [2.75, 3.05) is 5.43 Å². The van der Waals surface area contributed by atoms with Gasteiger partial charge in [0.05, 0.1) is 11.2 Å². The van der Waals surface area contributed by atoms with Crippen LogP contribution in [0.15, 0.2) is 29.4 Å². The molecule has 5 nitrogen and oxygen atoms in total. The number of aldehydes is 1. The number of hydrogen-bond acceptors (Lipinski definition) is 5. The number of nitrogens with zero attached hydrogens (tertiary/aromatic N) is 3. The minimum atomic E-state index is -0.0807. The third-order valence-electron chi connectivity index (χ3n) is 2.65. The molecule has 0 aliphatic heterocycles. The molecular weight excluding hydrogens is 347 g/mol. The maximum atomic E-state index is 10.9. The van der Waals surface area contributed by atoms with Gasteiger partial charge in [0.25, 0.3) is 0 Å². The second-order valence-corrected chi connectivity index (χ2v) is 5.10. The van der Waals surface area contributed by atoms with Crippen LogP contribution in [0.5, 0.6) is 0 Å². The summed E-state index contributed by atoms with van der Waals surface area (Å²) < 4.78 is 0. The van der Waals surface area contributed by atoms with Crippen LogP contribution in [0.1, 0.15) is 21.5 Å². The molecule has 0 bridgehead atoms. The quantitative estimate of drug-likeness (QED) is 0.387. The summed E-state index contributed by atoms with van der Waals surface area (Å²) in [5.41, 5.74) is 3.68. The van der Waals surface area contributed by atoms with Crippen LogP contribution in [0.4, 0.5) is 5.82 Å². The van der Waals surface area contributed by atoms with Crippen LogP contribution in [-0.2, 0) is 0 Å². The van der Waals surface area contributed by atoms with Crippen LogP contribution < -0.4 is 5.43 Å². The van der Waals surface area contributed by atoms with Crippen molar-refractivity contribution in [2.45, 2.75) is 0 Å². The van der Waals surface area contributed by atoms with E-state index in [0.29, 0.717) is 11.1 Å². The molecule has 1 heterocycles. The van der Waals surface area contributed by atoms with E-state index in [0.717, 1.165) is 6.29 Å². The number of nitriles is 1. The molecule has 8 heteroatoms. The van der Waals surface area contributed by atoms with Crippen molar-refractivity contribution < 1.29 is 4.79 Å². The number of hydrogen-bond donors (Lipinski definition) is 1. The Balaban J connectivity index is 2.28. The molecule has 0 saturated heterocycles. The highest BCUT2D eigenvalue weighted by Crippen LogP contribution is 2.34. The first-order valence-electron chi connectivity index (χ1n) is 5.86. The van der Waals surface area contributed by atoms with Gasteiger partial charge in [-0.15, -0.1) is 0 Å². The summed E-state index contributed by atoms with van der Waals surface area (Å²) in [5.74, 6) is 0.107. The highest BCUT2D eigenvalue weighted by molar-refractivity contribution is 6.45. The Kier molecular flexibility index (Phi) is 5.34. The van der Waals surface area contributed by atoms with Gasteiger partial charge in [-0.05, 0) is 0 Å². The lowest BCUT2D eigenvalue weighted by molar-refractivity contribution is 0.112. The normalized spacial score (nSPS) is 10.5. The highest BCUT2D eigenvalue weighted by Gasteiger charge is 2.15. The summed E-state index contributed by atoms with van der Waals surface area (Å²) in [5, 5.41) is 12.8. The number of rotatable bonds is 4. The number of anilines is 1. The van der Waals surface area contributed by atoms with Gasteiger partial charge in [-0.25, -0.2) is 4.98 Å². The number of aromatic nitrogens is 1. The summed E-state index contributed by atoms with van der Waals surface area (Å²) in [4.78, 5) is 14.8. The van der Waals surface area contributed by atoms with E-state index in [9.17, 15) is 4.79 Å². The van der Waals surface area contributed by atoms with E-state index >= 15 is 0 Å². The van der Waals surface area contributed by atoms with E-state index in [1.54, 1.807) is 24.3 Å². The molecule has 1 N–H and O–H groups in total. The smallest absolute Gasteiger partial charge is 0.168 e. The minimum absolute atomic E-state index is 0.00448. The van der Waals surface area contributed by atoms with E-state index in [2.05, 4.69) is 15.5 Å². The second kappa shape index (κ2) is 7.23. The molecule has 2 aromatic rings. The molecule has 0 spiro atoms. The van der Waals surface area contributed by atoms with Crippen LogP contribution in [-0.4, -0.2) is 17.5 Å². The van der Waals surface area contributed by atoms with Gasteiger partial charge >= 0.3 is 0 Å². The molecule has 0 amide bonds. The van der Waals surface area contributed by atoms with Gasteiger partial charge in [-0.2, -0.15) is 10.4 Å². The second-order valence-electron chi connectivity index (χ2n) is 3.98. The first-order chi connectivity index (χ1) is 10.6. The van der Waals surface area contributed by atoms with Crippen molar-refractivity contribution in [3.05, 3.63) is 56.2 Å². The maximum Gasteiger partial charge on any atom is 0.168 e. The molecule has 110 valence electrons. The molecule has 0 radical (unpaired) electrons. The van der Waals surface area contributed by atoms with Gasteiger partial charge in [0.1, 0.15) is 16.7 Å². The van der Waals surface area contributed by atoms with Gasteiger partial charge in [-0.1, -0.05) is 59.1 Å². The fourth-order valence-corrected chi connectivity index (χ4v) is 2.25. The predicted molar refractivity (Wildman–Crippen MR) is 87.0 cm³/mol. The Hall–Kier alpha value is -2.13. The first kappa shape index (κ1) is 16.2. The Labute approximate surface area is 141 Å². The monoisotopic (exact) mass is 352 g/mol. The van der Waals surface area contributed by atoms with Crippen LogP contribution in [0.25, 0.3) is 0 Å². The van der Waals surface area contributed by atoms with Crippen molar-refractivity contribution >= 4 is 53.1 Å². The molecule has 0 aliphatic carbocycles. The summed E-state index contributed by atoms with van der Waals surface area (Å²) >= 11 is 17.8. The number of carbonyl (C=O) groups excluding carboxylic acids is 1. The standard InChI is InChI=1S/C14H7Cl3N4O/c15-11-10(5-18)13(17)20-14(12(11)16)21-19-6-8-3-1-2-4-9(8)7-22/h1-4,6-7H,(H,20,21)/b19-6+. The number of benzene rings is 1. The van der Waals surface area contributed by atoms with Gasteiger partial charge < -0.3 is 0 Å². The third-order valence-corrected chi connectivity index (χ3v) is 3.76. The van der Waals surface area contributed by atoms with Gasteiger partial charge in [0, 0.05) is 11.1 Å². The fraction of sp³-hybridized carbons (Fsp3) is 0. The molecule has 1 aromatic heterocycles. The molecule has 0 unspecified atom stereocenters. The molecule has 0 fully saturated rings. The van der Waals surface area contributed by atoms with Crippen molar-refractivity contribution in [1.29, 1.82) is 5.26 Å². The van der Waals surface area contributed by atoms with E-state index in [4.69, 9.17) is 40.1 Å². The zero-order valence-corrected chi connectivity index (χ0v) is 13.1. The van der Waals surface area contributed by atoms with Gasteiger partial charge in [0.15, 0.2) is 17.3 Å². The Bertz CT molecular complexity index is 799. The number of pyridine rings is 1. The largest absolute Gasteiger partial charge is 0.298 e. The lowest BCUT2D eigenvalue weighted by Gasteiger charge is -2.06. The van der Waals surface area contributed by atoms with Crippen molar-refractivity contribution in [2.24, 2.45) is 5.10 Å². The number of nitrogens with one attached hydrogen (secondary N) is 1. The summed E-state index contributed by atoms with van der Waals surface area (Å²) in [7, 11) is 0. The molecule has 0 atom stereocenters. The molecule has 1 aromatic carbocycles. The van der Waals surface area contributed by atoms with Gasteiger partial charge in [0.2, 0.25) is 0 Å². The molecule has 0 aliphatic rings. The Morgan fingerprint density at radius 1 is 1.18 bits per heavy atom. The van der Waals surface area contributed by atoms with Gasteiger partial charge in [-0.3, -0.25) is 10.2 Å². The zero-order valence-electron chi connectivity index (χ0n) is 10.8. The zero-order chi connectivity index (χ0) is 16.1. The molecule has 2 rings (SSSR count). The van der Waals surface area contributed by atoms with Crippen molar-refractivity contribution in [3.63, 3.8) is 0 Å². The van der Waals surface area contributed by atoms with E-state index < -0.39 is 0 Å². The minimum Gasteiger partial charge on any atom is -0.298 e. The number of halogens is 3. The fourth-order valence-electron chi connectivity index (χ4n) is 1.58. The van der Waals surface area contributed by atoms with Crippen LogP contribution >= 0.6 is 34.8 Å². The Morgan fingerprint density at radius 2 is 1.86 bits per heavy atom. The number of hydrazone groups is 1. The molecular formula is C14H7Cl3N4O. The summed E-state index contributed by atoms with van der Waals surface area (Å²) in [6.07, 6.45) is 2.16. The Morgan fingerprint density at radius 3 is 2.50 bits per heavy atom. The van der Waals surface area contributed by atoms with Crippen molar-refractivity contribution in [1.82, 2.24) is 4.98 Å². The lowest BCUT2D eigenvalue weighted by atomic mass is 10.1. The molecule has 22 heavy (non-hydrogen) atoms. The summed E-state index contributed by atoms with van der Waals surface area (Å²) in [6.45, 7) is 0. The van der Waals surface area contributed by atoms with E-state index in [-0.39, 0.29) is 26.6 Å². The van der Waals surface area contributed by atoms with Crippen LogP contribution in [0.3, 0.4) is 0 Å². The first-order valence-corrected chi connectivity index (χ1v) is 6.99. The van der Waals surface area contributed by atoms with Crippen molar-refractivity contribution in [3.8, 4) is 6.07 Å². The lowest BCUT2D eigenvalue weighted by Crippen LogP contribution is -1.99. The van der Waals surface area contributed by atoms with Crippen LogP contribution in [0, 0.1) is 11.3 Å². The van der Waals surface area contributed by atoms with E-state index in [1.807, 2.05) is 6.07 Å². The molecule has 0 saturated carbocycles. The number of carbonyl (C=O) groups is 1. The third kappa shape index (κ3) is 3.37. The van der Waals surface area contributed by atoms with Crippen LogP contribution in [0.2, 0.25) is 15.2 Å². The maximum absolute atomic E-state index is 10.9. The predicted octanol–water partition coefficient (Wildman–Crippen LogP) is 4.17. The van der Waals surface area contributed by atoms with E-state index in [1.165, 1.54) is 6.21 Å². The SMILES string of the molecule is N#Cc1c(Cl)nc(N/N=C/c2ccccc2C=O)c(Cl)c1Cl. The topological polar surface area (TPSA) is 78.1 Å². The highest BCUT2D eigenvalue weighted by atomic mass is 35.5.